The molecular formula is C47H27N7S. The minimum Gasteiger partial charge on any atom is -0.309 e. The van der Waals surface area contributed by atoms with Gasteiger partial charge in [-0.15, -0.1) is 0 Å². The maximum atomic E-state index is 10.8. The SMILES string of the molecule is [C-]#[N+]c1cc(-n2c3ccccc3c3cc4c(cc32)N(c2ccccc2)c2ccccc2S4)c(C#N)cc1-c1nc(-c2ccccc2)nc(-c2ccccc2)n1. The Kier molecular flexibility index (Phi) is 7.69. The van der Waals surface area contributed by atoms with Crippen molar-refractivity contribution in [2.24, 2.45) is 0 Å². The lowest BCUT2D eigenvalue weighted by atomic mass is 10.0. The first kappa shape index (κ1) is 32.2. The van der Waals surface area contributed by atoms with Gasteiger partial charge in [0.1, 0.15) is 6.07 Å². The van der Waals surface area contributed by atoms with Crippen molar-refractivity contribution in [2.75, 3.05) is 4.90 Å². The number of fused-ring (bicyclic) bond motifs is 5. The molecule has 0 atom stereocenters. The van der Waals surface area contributed by atoms with Gasteiger partial charge in [-0.1, -0.05) is 121 Å². The highest BCUT2D eigenvalue weighted by Crippen LogP contribution is 2.53. The van der Waals surface area contributed by atoms with Gasteiger partial charge in [-0.25, -0.2) is 19.8 Å². The summed E-state index contributed by atoms with van der Waals surface area (Å²) < 4.78 is 2.12. The average molecular weight is 722 g/mol. The molecule has 55 heavy (non-hydrogen) atoms. The van der Waals surface area contributed by atoms with Crippen molar-refractivity contribution in [3.63, 3.8) is 0 Å². The van der Waals surface area contributed by atoms with Crippen molar-refractivity contribution in [1.29, 1.82) is 5.26 Å². The number of hydrogen-bond acceptors (Lipinski definition) is 6. The van der Waals surface area contributed by atoms with Gasteiger partial charge in [0.2, 0.25) is 0 Å². The fraction of sp³-hybridized carbons (Fsp3) is 0. The van der Waals surface area contributed by atoms with Gasteiger partial charge in [-0.2, -0.15) is 5.26 Å². The quantitative estimate of drug-likeness (QED) is 0.165. The third-order valence-corrected chi connectivity index (χ3v) is 11.0. The molecule has 0 bridgehead atoms. The molecule has 0 N–H and O–H groups in total. The van der Waals surface area contributed by atoms with Gasteiger partial charge in [-0.05, 0) is 54.6 Å². The molecule has 0 saturated heterocycles. The standard InChI is InChI=1S/C47H27N7S/c1-49-37-27-40(32(29-48)25-36(37)47-51-45(30-15-5-2-6-16-30)50-46(52-47)31-17-7-3-8-18-31)54-38-22-12-11-21-34(38)35-26-44-42(28-41(35)54)53(33-19-9-4-10-20-33)39-23-13-14-24-43(39)55-44/h2-28H. The highest BCUT2D eigenvalue weighted by molar-refractivity contribution is 7.99. The highest BCUT2D eigenvalue weighted by Gasteiger charge is 2.28. The predicted octanol–water partition coefficient (Wildman–Crippen LogP) is 12.3. The molecule has 0 fully saturated rings. The van der Waals surface area contributed by atoms with Gasteiger partial charge in [0, 0.05) is 42.9 Å². The summed E-state index contributed by atoms with van der Waals surface area (Å²) in [6.45, 7) is 8.41. The van der Waals surface area contributed by atoms with Crippen molar-refractivity contribution in [3.8, 4) is 45.9 Å². The molecule has 7 aromatic carbocycles. The van der Waals surface area contributed by atoms with E-state index in [9.17, 15) is 5.26 Å². The number of benzene rings is 7. The highest BCUT2D eigenvalue weighted by atomic mass is 32.2. The van der Waals surface area contributed by atoms with Crippen LogP contribution in [0.25, 0.3) is 66.5 Å². The topological polar surface area (TPSA) is 75.0 Å². The van der Waals surface area contributed by atoms with Crippen LogP contribution in [-0.4, -0.2) is 19.5 Å². The zero-order valence-electron chi connectivity index (χ0n) is 29.1. The van der Waals surface area contributed by atoms with E-state index in [2.05, 4.69) is 93.2 Å². The molecule has 2 aromatic heterocycles. The smallest absolute Gasteiger partial charge is 0.200 e. The fourth-order valence-electron chi connectivity index (χ4n) is 7.38. The van der Waals surface area contributed by atoms with E-state index in [0.29, 0.717) is 40.0 Å². The molecule has 7 nitrogen and oxygen atoms in total. The molecule has 256 valence electrons. The van der Waals surface area contributed by atoms with Crippen LogP contribution in [0.1, 0.15) is 5.56 Å². The van der Waals surface area contributed by atoms with Crippen LogP contribution in [0.3, 0.4) is 0 Å². The number of hydrogen-bond donors (Lipinski definition) is 0. The Morgan fingerprint density at radius 1 is 0.545 bits per heavy atom. The van der Waals surface area contributed by atoms with Crippen LogP contribution in [0.5, 0.6) is 0 Å². The van der Waals surface area contributed by atoms with Crippen LogP contribution in [0, 0.1) is 17.9 Å². The van der Waals surface area contributed by atoms with Gasteiger partial charge in [0.05, 0.1) is 40.2 Å². The van der Waals surface area contributed by atoms with E-state index < -0.39 is 0 Å². The van der Waals surface area contributed by atoms with Gasteiger partial charge in [-0.3, -0.25) is 0 Å². The molecule has 0 saturated carbocycles. The molecular weight excluding hydrogens is 695 g/mol. The molecule has 1 aliphatic heterocycles. The van der Waals surface area contributed by atoms with E-state index in [0.717, 1.165) is 54.9 Å². The molecule has 0 unspecified atom stereocenters. The maximum absolute atomic E-state index is 10.8. The van der Waals surface area contributed by atoms with E-state index >= 15 is 0 Å². The van der Waals surface area contributed by atoms with Crippen LogP contribution in [0.4, 0.5) is 22.7 Å². The Balaban J connectivity index is 1.21. The Bertz CT molecular complexity index is 2980. The second kappa shape index (κ2) is 13.2. The zero-order valence-corrected chi connectivity index (χ0v) is 29.9. The molecule has 9 aromatic rings. The van der Waals surface area contributed by atoms with E-state index in [1.165, 1.54) is 4.90 Å². The minimum absolute atomic E-state index is 0.326. The lowest BCUT2D eigenvalue weighted by molar-refractivity contribution is 1.07. The summed E-state index contributed by atoms with van der Waals surface area (Å²) in [6.07, 6.45) is 0. The molecule has 1 aliphatic rings. The molecule has 0 aliphatic carbocycles. The van der Waals surface area contributed by atoms with Crippen LogP contribution in [0.15, 0.2) is 174 Å². The molecule has 0 radical (unpaired) electrons. The van der Waals surface area contributed by atoms with Gasteiger partial charge in [0.15, 0.2) is 23.2 Å². The largest absolute Gasteiger partial charge is 0.309 e. The van der Waals surface area contributed by atoms with Gasteiger partial charge in [0.25, 0.3) is 0 Å². The Morgan fingerprint density at radius 2 is 1.16 bits per heavy atom. The number of aromatic nitrogens is 4. The van der Waals surface area contributed by atoms with Crippen LogP contribution >= 0.6 is 11.8 Å². The molecule has 3 heterocycles. The second-order valence-corrected chi connectivity index (χ2v) is 14.2. The van der Waals surface area contributed by atoms with Crippen LogP contribution in [-0.2, 0) is 0 Å². The van der Waals surface area contributed by atoms with Gasteiger partial charge >= 0.3 is 0 Å². The average Bonchev–Trinajstić information content (AvgIpc) is 3.57. The van der Waals surface area contributed by atoms with Gasteiger partial charge < -0.3 is 9.47 Å². The number of nitriles is 1. The minimum atomic E-state index is 0.326. The summed E-state index contributed by atoms with van der Waals surface area (Å²) >= 11 is 1.76. The number of nitrogens with zero attached hydrogens (tertiary/aromatic N) is 7. The Hall–Kier alpha value is -7.52. The summed E-state index contributed by atoms with van der Waals surface area (Å²) in [5.74, 6) is 1.29. The molecule has 0 amide bonds. The Morgan fingerprint density at radius 3 is 1.85 bits per heavy atom. The second-order valence-electron chi connectivity index (χ2n) is 13.1. The fourth-order valence-corrected chi connectivity index (χ4v) is 8.46. The first-order valence-electron chi connectivity index (χ1n) is 17.7. The third kappa shape index (κ3) is 5.40. The number of para-hydroxylation sites is 3. The summed E-state index contributed by atoms with van der Waals surface area (Å²) in [4.78, 5) is 23.2. The molecule has 8 heteroatoms. The van der Waals surface area contributed by atoms with Crippen molar-refractivity contribution >= 4 is 56.3 Å². The molecule has 10 rings (SSSR count). The predicted molar refractivity (Wildman–Crippen MR) is 220 cm³/mol. The number of anilines is 3. The van der Waals surface area contributed by atoms with Crippen LogP contribution in [0.2, 0.25) is 0 Å². The van der Waals surface area contributed by atoms with E-state index in [1.54, 1.807) is 23.9 Å². The maximum Gasteiger partial charge on any atom is 0.200 e. The lowest BCUT2D eigenvalue weighted by Crippen LogP contribution is -2.14. The summed E-state index contributed by atoms with van der Waals surface area (Å²) in [7, 11) is 0. The van der Waals surface area contributed by atoms with Crippen molar-refractivity contribution in [3.05, 3.63) is 181 Å². The van der Waals surface area contributed by atoms with Crippen molar-refractivity contribution in [2.45, 2.75) is 9.79 Å². The Labute approximate surface area is 321 Å². The monoisotopic (exact) mass is 721 g/mol. The summed E-state index contributed by atoms with van der Waals surface area (Å²) in [5.41, 5.74) is 8.51. The normalized spacial score (nSPS) is 11.9. The van der Waals surface area contributed by atoms with Crippen LogP contribution < -0.4 is 4.90 Å². The van der Waals surface area contributed by atoms with Crippen molar-refractivity contribution < 1.29 is 0 Å². The number of rotatable bonds is 5. The summed E-state index contributed by atoms with van der Waals surface area (Å²) in [5, 5.41) is 13.0. The van der Waals surface area contributed by atoms with E-state index in [-0.39, 0.29) is 0 Å². The van der Waals surface area contributed by atoms with Crippen molar-refractivity contribution in [1.82, 2.24) is 19.5 Å². The zero-order chi connectivity index (χ0) is 36.9. The first-order valence-corrected chi connectivity index (χ1v) is 18.5. The van der Waals surface area contributed by atoms with E-state index in [4.69, 9.17) is 21.5 Å². The molecule has 0 spiro atoms. The van der Waals surface area contributed by atoms with E-state index in [1.807, 2.05) is 78.9 Å². The lowest BCUT2D eigenvalue weighted by Gasteiger charge is -2.33. The first-order chi connectivity index (χ1) is 27.2. The summed E-state index contributed by atoms with van der Waals surface area (Å²) in [6, 6.07) is 57.0. The third-order valence-electron chi connectivity index (χ3n) is 9.87.